The van der Waals surface area contributed by atoms with Crippen LogP contribution < -0.4 is 10.1 Å². The summed E-state index contributed by atoms with van der Waals surface area (Å²) in [6.45, 7) is 8.96. The Labute approximate surface area is 172 Å². The molecule has 2 atom stereocenters. The fourth-order valence-corrected chi connectivity index (χ4v) is 2.66. The summed E-state index contributed by atoms with van der Waals surface area (Å²) in [7, 11) is 1.58. The predicted octanol–water partition coefficient (Wildman–Crippen LogP) is 5.27. The van der Waals surface area contributed by atoms with Gasteiger partial charge in [-0.2, -0.15) is 0 Å². The van der Waals surface area contributed by atoms with Crippen molar-refractivity contribution in [1.82, 2.24) is 0 Å². The minimum absolute atomic E-state index is 0.274. The Hall–Kier alpha value is -3.02. The molecule has 0 unspecified atom stereocenters. The molecule has 0 aliphatic rings. The lowest BCUT2D eigenvalue weighted by Crippen LogP contribution is -2.31. The lowest BCUT2D eigenvalue weighted by atomic mass is 9.95. The predicted molar refractivity (Wildman–Crippen MR) is 112 cm³/mol. The topological polar surface area (TPSA) is 73.9 Å². The first kappa shape index (κ1) is 22.3. The summed E-state index contributed by atoms with van der Waals surface area (Å²) in [5.74, 6) is -0.224. The number of anilines is 1. The van der Waals surface area contributed by atoms with E-state index in [4.69, 9.17) is 14.2 Å². The first-order chi connectivity index (χ1) is 13.6. The summed E-state index contributed by atoms with van der Waals surface area (Å²) in [5.41, 5.74) is 1.73. The maximum atomic E-state index is 12.8. The molecule has 1 amide bonds. The zero-order valence-electron chi connectivity index (χ0n) is 17.8. The molecule has 6 heteroatoms. The lowest BCUT2D eigenvalue weighted by Gasteiger charge is -2.26. The maximum Gasteiger partial charge on any atom is 0.509 e. The molecule has 0 radical (unpaired) electrons. The van der Waals surface area contributed by atoms with Crippen molar-refractivity contribution in [2.75, 3.05) is 12.4 Å². The molecule has 0 aromatic heterocycles. The Bertz CT molecular complexity index is 822. The van der Waals surface area contributed by atoms with Gasteiger partial charge in [0.25, 0.3) is 0 Å². The van der Waals surface area contributed by atoms with Crippen LogP contribution in [0.3, 0.4) is 0 Å². The molecule has 156 valence electrons. The minimum atomic E-state index is -0.813. The van der Waals surface area contributed by atoms with Crippen LogP contribution in [0.5, 0.6) is 5.75 Å². The molecule has 0 fully saturated rings. The van der Waals surface area contributed by atoms with E-state index in [1.165, 1.54) is 0 Å². The number of carbonyl (C=O) groups is 2. The first-order valence-corrected chi connectivity index (χ1v) is 9.50. The Morgan fingerprint density at radius 1 is 0.966 bits per heavy atom. The van der Waals surface area contributed by atoms with Gasteiger partial charge in [0, 0.05) is 5.69 Å². The second kappa shape index (κ2) is 9.45. The van der Waals surface area contributed by atoms with Gasteiger partial charge in [-0.1, -0.05) is 29.8 Å². The third-order valence-corrected chi connectivity index (χ3v) is 4.24. The highest BCUT2D eigenvalue weighted by Gasteiger charge is 2.31. The van der Waals surface area contributed by atoms with Crippen LogP contribution in [0.2, 0.25) is 0 Å². The normalized spacial score (nSPS) is 13.2. The highest BCUT2D eigenvalue weighted by atomic mass is 16.7. The van der Waals surface area contributed by atoms with Gasteiger partial charge in [-0.3, -0.25) is 4.79 Å². The quantitative estimate of drug-likeness (QED) is 0.670. The van der Waals surface area contributed by atoms with E-state index in [0.717, 1.165) is 11.1 Å². The van der Waals surface area contributed by atoms with Crippen LogP contribution in [0.25, 0.3) is 0 Å². The van der Waals surface area contributed by atoms with Gasteiger partial charge in [0.1, 0.15) is 17.5 Å². The average molecular weight is 399 g/mol. The molecule has 0 aliphatic carbocycles. The van der Waals surface area contributed by atoms with Crippen molar-refractivity contribution in [1.29, 1.82) is 0 Å². The molecule has 2 aromatic rings. The van der Waals surface area contributed by atoms with Crippen LogP contribution in [0.15, 0.2) is 48.5 Å². The van der Waals surface area contributed by atoms with E-state index in [0.29, 0.717) is 11.4 Å². The van der Waals surface area contributed by atoms with Gasteiger partial charge in [-0.25, -0.2) is 4.79 Å². The van der Waals surface area contributed by atoms with E-state index in [9.17, 15) is 9.59 Å². The molecule has 0 spiro atoms. The van der Waals surface area contributed by atoms with Crippen molar-refractivity contribution < 1.29 is 23.8 Å². The molecule has 29 heavy (non-hydrogen) atoms. The molecule has 0 bridgehead atoms. The summed E-state index contributed by atoms with van der Waals surface area (Å²) in [6.07, 6.45) is -1.60. The van der Waals surface area contributed by atoms with Gasteiger partial charge in [-0.05, 0) is 64.4 Å². The number of nitrogens with one attached hydrogen (secondary N) is 1. The number of ether oxygens (including phenoxy) is 3. The fraction of sp³-hybridized carbons (Fsp3) is 0.391. The van der Waals surface area contributed by atoms with Crippen molar-refractivity contribution in [3.8, 4) is 5.75 Å². The summed E-state index contributed by atoms with van der Waals surface area (Å²) in [5, 5.41) is 2.85. The van der Waals surface area contributed by atoms with Crippen LogP contribution in [0.4, 0.5) is 10.5 Å². The monoisotopic (exact) mass is 399 g/mol. The third kappa shape index (κ3) is 6.82. The number of hydrogen-bond donors (Lipinski definition) is 1. The average Bonchev–Trinajstić information content (AvgIpc) is 2.65. The number of aryl methyl sites for hydroxylation is 1. The first-order valence-electron chi connectivity index (χ1n) is 9.50. The summed E-state index contributed by atoms with van der Waals surface area (Å²) >= 11 is 0. The van der Waals surface area contributed by atoms with E-state index in [1.54, 1.807) is 59.1 Å². The second-order valence-electron chi connectivity index (χ2n) is 7.92. The van der Waals surface area contributed by atoms with Crippen LogP contribution in [0.1, 0.15) is 44.9 Å². The van der Waals surface area contributed by atoms with Crippen LogP contribution in [-0.2, 0) is 14.3 Å². The molecule has 2 rings (SSSR count). The minimum Gasteiger partial charge on any atom is -0.497 e. The van der Waals surface area contributed by atoms with E-state index >= 15 is 0 Å². The van der Waals surface area contributed by atoms with Gasteiger partial charge in [0.05, 0.1) is 13.0 Å². The van der Waals surface area contributed by atoms with Crippen molar-refractivity contribution in [3.63, 3.8) is 0 Å². The Morgan fingerprint density at radius 3 is 2.07 bits per heavy atom. The molecular formula is C23H29NO5. The molecular weight excluding hydrogens is 370 g/mol. The number of amides is 1. The summed E-state index contributed by atoms with van der Waals surface area (Å²) in [4.78, 5) is 25.1. The van der Waals surface area contributed by atoms with E-state index in [2.05, 4.69) is 5.32 Å². The Balaban J connectivity index is 2.19. The highest BCUT2D eigenvalue weighted by Crippen LogP contribution is 2.29. The fourth-order valence-electron chi connectivity index (χ4n) is 2.66. The van der Waals surface area contributed by atoms with Gasteiger partial charge < -0.3 is 19.5 Å². The zero-order chi connectivity index (χ0) is 21.6. The van der Waals surface area contributed by atoms with Crippen molar-refractivity contribution in [2.24, 2.45) is 5.92 Å². The maximum absolute atomic E-state index is 12.8. The number of carbonyl (C=O) groups excluding carboxylic acids is 2. The second-order valence-corrected chi connectivity index (χ2v) is 7.92. The standard InChI is InChI=1S/C23H29NO5/c1-15-7-9-17(10-8-15)20(28-22(26)29-23(3,4)5)16(2)21(25)24-18-11-13-19(27-6)14-12-18/h7-14,16,20H,1-6H3,(H,24,25)/t16-,20-/m1/s1. The Kier molecular flexibility index (Phi) is 7.26. The SMILES string of the molecule is COc1ccc(NC(=O)[C@H](C)[C@@H](OC(=O)OC(C)(C)C)c2ccc(C)cc2)cc1. The van der Waals surface area contributed by atoms with Gasteiger partial charge >= 0.3 is 6.16 Å². The summed E-state index contributed by atoms with van der Waals surface area (Å²) < 4.78 is 16.0. The van der Waals surface area contributed by atoms with Gasteiger partial charge in [-0.15, -0.1) is 0 Å². The van der Waals surface area contributed by atoms with Crippen LogP contribution in [0, 0.1) is 12.8 Å². The number of benzene rings is 2. The Morgan fingerprint density at radius 2 is 1.55 bits per heavy atom. The molecule has 2 aromatic carbocycles. The largest absolute Gasteiger partial charge is 0.509 e. The third-order valence-electron chi connectivity index (χ3n) is 4.24. The molecule has 6 nitrogen and oxygen atoms in total. The van der Waals surface area contributed by atoms with E-state index in [1.807, 2.05) is 31.2 Å². The number of rotatable bonds is 6. The van der Waals surface area contributed by atoms with Crippen LogP contribution >= 0.6 is 0 Å². The van der Waals surface area contributed by atoms with Crippen molar-refractivity contribution >= 4 is 17.7 Å². The van der Waals surface area contributed by atoms with Gasteiger partial charge in [0.15, 0.2) is 0 Å². The van der Waals surface area contributed by atoms with Crippen LogP contribution in [-0.4, -0.2) is 24.8 Å². The van der Waals surface area contributed by atoms with E-state index < -0.39 is 23.8 Å². The molecule has 1 N–H and O–H groups in total. The smallest absolute Gasteiger partial charge is 0.497 e. The molecule has 0 saturated heterocycles. The van der Waals surface area contributed by atoms with Gasteiger partial charge in [0.2, 0.25) is 5.91 Å². The van der Waals surface area contributed by atoms with Crippen molar-refractivity contribution in [2.45, 2.75) is 46.3 Å². The molecule has 0 aliphatic heterocycles. The molecule has 0 saturated carbocycles. The number of hydrogen-bond acceptors (Lipinski definition) is 5. The highest BCUT2D eigenvalue weighted by molar-refractivity contribution is 5.93. The number of methoxy groups -OCH3 is 1. The molecule has 0 heterocycles. The van der Waals surface area contributed by atoms with E-state index in [-0.39, 0.29) is 5.91 Å². The van der Waals surface area contributed by atoms with Crippen molar-refractivity contribution in [3.05, 3.63) is 59.7 Å². The lowest BCUT2D eigenvalue weighted by molar-refractivity contribution is -0.124. The summed E-state index contributed by atoms with van der Waals surface area (Å²) in [6, 6.07) is 14.5. The zero-order valence-corrected chi connectivity index (χ0v) is 17.8.